The van der Waals surface area contributed by atoms with Crippen molar-refractivity contribution < 1.29 is 9.59 Å². The molecule has 2 unspecified atom stereocenters. The number of urea groups is 1. The van der Waals surface area contributed by atoms with Crippen LogP contribution in [0.3, 0.4) is 0 Å². The third kappa shape index (κ3) is 3.68. The fourth-order valence-electron chi connectivity index (χ4n) is 4.05. The average molecular weight is 363 g/mol. The van der Waals surface area contributed by atoms with E-state index in [1.807, 2.05) is 59.2 Å². The fourth-order valence-corrected chi connectivity index (χ4v) is 4.05. The van der Waals surface area contributed by atoms with Crippen LogP contribution in [-0.2, 0) is 17.8 Å². The van der Waals surface area contributed by atoms with Crippen LogP contribution in [0.15, 0.2) is 54.6 Å². The first-order chi connectivity index (χ1) is 13.1. The second-order valence-electron chi connectivity index (χ2n) is 7.42. The second-order valence-corrected chi connectivity index (χ2v) is 7.42. The van der Waals surface area contributed by atoms with E-state index in [0.717, 1.165) is 12.0 Å². The number of carbonyl (C=O) groups is 2. The largest absolute Gasteiger partial charge is 0.334 e. The highest BCUT2D eigenvalue weighted by Crippen LogP contribution is 2.26. The number of amides is 3. The summed E-state index contributed by atoms with van der Waals surface area (Å²) in [7, 11) is 0. The van der Waals surface area contributed by atoms with Crippen molar-refractivity contribution in [1.82, 2.24) is 15.1 Å². The van der Waals surface area contributed by atoms with Gasteiger partial charge in [-0.05, 0) is 30.0 Å². The van der Waals surface area contributed by atoms with Crippen molar-refractivity contribution in [3.63, 3.8) is 0 Å². The highest BCUT2D eigenvalue weighted by Gasteiger charge is 2.35. The number of nitrogens with zero attached hydrogens (tertiary/aromatic N) is 2. The van der Waals surface area contributed by atoms with Gasteiger partial charge in [0.2, 0.25) is 5.91 Å². The number of likely N-dealkylation sites (tertiary alicyclic amines) is 1. The Morgan fingerprint density at radius 2 is 1.78 bits per heavy atom. The molecule has 2 aromatic rings. The molecule has 1 saturated heterocycles. The zero-order valence-electron chi connectivity index (χ0n) is 15.6. The minimum absolute atomic E-state index is 0.0162. The Morgan fingerprint density at radius 1 is 1.07 bits per heavy atom. The maximum absolute atomic E-state index is 12.7. The molecule has 140 valence electrons. The number of hydrogen-bond donors (Lipinski definition) is 1. The van der Waals surface area contributed by atoms with Gasteiger partial charge >= 0.3 is 6.03 Å². The molecule has 0 aromatic heterocycles. The molecule has 3 amide bonds. The fraction of sp³-hybridized carbons (Fsp3) is 0.364. The first-order valence-electron chi connectivity index (χ1n) is 9.58. The molecule has 5 nitrogen and oxygen atoms in total. The molecular formula is C22H25N3O2. The van der Waals surface area contributed by atoms with Crippen molar-refractivity contribution >= 4 is 11.9 Å². The van der Waals surface area contributed by atoms with Gasteiger partial charge in [0, 0.05) is 26.1 Å². The molecule has 1 N–H and O–H groups in total. The molecule has 0 radical (unpaired) electrons. The van der Waals surface area contributed by atoms with Crippen LogP contribution in [0.4, 0.5) is 4.79 Å². The van der Waals surface area contributed by atoms with Gasteiger partial charge in [0.1, 0.15) is 0 Å². The molecule has 0 saturated carbocycles. The Kier molecular flexibility index (Phi) is 4.84. The van der Waals surface area contributed by atoms with Crippen LogP contribution in [0, 0.1) is 0 Å². The summed E-state index contributed by atoms with van der Waals surface area (Å²) in [4.78, 5) is 28.9. The number of benzene rings is 2. The molecule has 4 rings (SSSR count). The quantitative estimate of drug-likeness (QED) is 0.911. The predicted octanol–water partition coefficient (Wildman–Crippen LogP) is 3.12. The summed E-state index contributed by atoms with van der Waals surface area (Å²) in [6.45, 7) is 3.95. The van der Waals surface area contributed by atoms with Gasteiger partial charge in [0.15, 0.2) is 0 Å². The highest BCUT2D eigenvalue weighted by molar-refractivity contribution is 5.82. The SMILES string of the molecule is CC(c1ccccc1)N1CC(NC(=O)N2CCc3ccccc3C2)CC1=O. The molecule has 0 aliphatic carbocycles. The van der Waals surface area contributed by atoms with Crippen LogP contribution in [-0.4, -0.2) is 40.9 Å². The molecule has 27 heavy (non-hydrogen) atoms. The van der Waals surface area contributed by atoms with Gasteiger partial charge in [-0.2, -0.15) is 0 Å². The van der Waals surface area contributed by atoms with Gasteiger partial charge in [-0.15, -0.1) is 0 Å². The van der Waals surface area contributed by atoms with Crippen molar-refractivity contribution in [3.8, 4) is 0 Å². The lowest BCUT2D eigenvalue weighted by Crippen LogP contribution is -2.47. The van der Waals surface area contributed by atoms with Crippen LogP contribution < -0.4 is 5.32 Å². The average Bonchev–Trinajstić information content (AvgIpc) is 3.07. The van der Waals surface area contributed by atoms with Crippen molar-refractivity contribution in [2.75, 3.05) is 13.1 Å². The van der Waals surface area contributed by atoms with Crippen LogP contribution in [0.5, 0.6) is 0 Å². The van der Waals surface area contributed by atoms with E-state index in [1.54, 1.807) is 0 Å². The molecule has 2 aromatic carbocycles. The van der Waals surface area contributed by atoms with E-state index in [1.165, 1.54) is 11.1 Å². The molecule has 1 fully saturated rings. The lowest BCUT2D eigenvalue weighted by molar-refractivity contribution is -0.129. The molecule has 2 heterocycles. The first kappa shape index (κ1) is 17.6. The Hall–Kier alpha value is -2.82. The normalized spacial score (nSPS) is 20.3. The van der Waals surface area contributed by atoms with E-state index < -0.39 is 0 Å². The summed E-state index contributed by atoms with van der Waals surface area (Å²) in [5.41, 5.74) is 3.65. The van der Waals surface area contributed by atoms with Crippen molar-refractivity contribution in [3.05, 3.63) is 71.3 Å². The van der Waals surface area contributed by atoms with Crippen LogP contribution in [0.1, 0.15) is 36.1 Å². The molecule has 5 heteroatoms. The monoisotopic (exact) mass is 363 g/mol. The Balaban J connectivity index is 1.37. The smallest absolute Gasteiger partial charge is 0.318 e. The second kappa shape index (κ2) is 7.43. The van der Waals surface area contributed by atoms with Crippen LogP contribution >= 0.6 is 0 Å². The summed E-state index contributed by atoms with van der Waals surface area (Å²) in [6.07, 6.45) is 1.25. The standard InChI is InChI=1S/C22H25N3O2/c1-16(17-7-3-2-4-8-17)25-15-20(13-21(25)26)23-22(27)24-12-11-18-9-5-6-10-19(18)14-24/h2-10,16,20H,11-15H2,1H3,(H,23,27). The summed E-state index contributed by atoms with van der Waals surface area (Å²) in [6, 6.07) is 18.1. The van der Waals surface area contributed by atoms with Crippen LogP contribution in [0.2, 0.25) is 0 Å². The zero-order chi connectivity index (χ0) is 18.8. The first-order valence-corrected chi connectivity index (χ1v) is 9.58. The zero-order valence-corrected chi connectivity index (χ0v) is 15.6. The molecule has 2 atom stereocenters. The number of hydrogen-bond acceptors (Lipinski definition) is 2. The number of rotatable bonds is 3. The number of nitrogens with one attached hydrogen (secondary N) is 1. The van der Waals surface area contributed by atoms with Gasteiger partial charge in [0.25, 0.3) is 0 Å². The lowest BCUT2D eigenvalue weighted by atomic mass is 10.0. The van der Waals surface area contributed by atoms with Gasteiger partial charge < -0.3 is 15.1 Å². The summed E-state index contributed by atoms with van der Waals surface area (Å²) >= 11 is 0. The van der Waals surface area contributed by atoms with Gasteiger partial charge in [-0.1, -0.05) is 54.6 Å². The van der Waals surface area contributed by atoms with Crippen molar-refractivity contribution in [1.29, 1.82) is 0 Å². The topological polar surface area (TPSA) is 52.7 Å². The van der Waals surface area contributed by atoms with Crippen molar-refractivity contribution in [2.45, 2.75) is 38.4 Å². The number of fused-ring (bicyclic) bond motifs is 1. The van der Waals surface area contributed by atoms with Gasteiger partial charge in [-0.3, -0.25) is 4.79 Å². The number of carbonyl (C=O) groups excluding carboxylic acids is 2. The Bertz CT molecular complexity index is 836. The summed E-state index contributed by atoms with van der Waals surface area (Å²) in [5.74, 6) is 0.0978. The van der Waals surface area contributed by atoms with E-state index in [0.29, 0.717) is 26.1 Å². The minimum Gasteiger partial charge on any atom is -0.334 e. The minimum atomic E-state index is -0.131. The lowest BCUT2D eigenvalue weighted by Gasteiger charge is -2.30. The molecule has 2 aliphatic rings. The van der Waals surface area contributed by atoms with Gasteiger partial charge in [-0.25, -0.2) is 4.79 Å². The summed E-state index contributed by atoms with van der Waals surface area (Å²) in [5, 5.41) is 3.07. The molecule has 2 aliphatic heterocycles. The Morgan fingerprint density at radius 3 is 2.56 bits per heavy atom. The molecule has 0 spiro atoms. The van der Waals surface area contributed by atoms with Crippen LogP contribution in [0.25, 0.3) is 0 Å². The molecular weight excluding hydrogens is 338 g/mol. The summed E-state index contributed by atoms with van der Waals surface area (Å²) < 4.78 is 0. The maximum atomic E-state index is 12.7. The predicted molar refractivity (Wildman–Crippen MR) is 104 cm³/mol. The third-order valence-electron chi connectivity index (χ3n) is 5.65. The van der Waals surface area contributed by atoms with E-state index in [-0.39, 0.29) is 24.0 Å². The molecule has 0 bridgehead atoms. The van der Waals surface area contributed by atoms with Crippen molar-refractivity contribution in [2.24, 2.45) is 0 Å². The van der Waals surface area contributed by atoms with Gasteiger partial charge in [0.05, 0.1) is 12.1 Å². The Labute approximate surface area is 160 Å². The van der Waals surface area contributed by atoms with E-state index in [4.69, 9.17) is 0 Å². The highest BCUT2D eigenvalue weighted by atomic mass is 16.2. The van der Waals surface area contributed by atoms with E-state index in [9.17, 15) is 9.59 Å². The maximum Gasteiger partial charge on any atom is 0.318 e. The van der Waals surface area contributed by atoms with E-state index >= 15 is 0 Å². The van der Waals surface area contributed by atoms with E-state index in [2.05, 4.69) is 17.4 Å². The third-order valence-corrected chi connectivity index (χ3v) is 5.65.